The van der Waals surface area contributed by atoms with Crippen LogP contribution < -0.4 is 28.7 Å². The molecule has 0 spiro atoms. The van der Waals surface area contributed by atoms with Gasteiger partial charge in [0.05, 0.1) is 0 Å². The number of nitrogens with zero attached hydrogens (tertiary/aromatic N) is 8. The van der Waals surface area contributed by atoms with Gasteiger partial charge >= 0.3 is 18.9 Å². The summed E-state index contributed by atoms with van der Waals surface area (Å²) in [5.74, 6) is 3.87. The van der Waals surface area contributed by atoms with Gasteiger partial charge in [0.25, 0.3) is 0 Å². The first-order valence-electron chi connectivity index (χ1n) is 14.0. The zero-order valence-corrected chi connectivity index (χ0v) is 24.6. The Hall–Kier alpha value is -4.04. The molecule has 6 rings (SSSR count). The molecule has 0 amide bonds. The average molecular weight is 574 g/mol. The summed E-state index contributed by atoms with van der Waals surface area (Å²) in [5, 5.41) is 0. The van der Waals surface area contributed by atoms with Crippen LogP contribution in [0.25, 0.3) is 22.8 Å². The second kappa shape index (κ2) is 16.6. The Morgan fingerprint density at radius 1 is 0.698 bits per heavy atom. The second-order valence-corrected chi connectivity index (χ2v) is 10.2. The largest absolute Gasteiger partial charge is 1.00 e. The van der Waals surface area contributed by atoms with Crippen LogP contribution in [0.2, 0.25) is 0 Å². The fourth-order valence-electron chi connectivity index (χ4n) is 5.05. The molecule has 2 aliphatic rings. The van der Waals surface area contributed by atoms with Gasteiger partial charge in [0.15, 0.2) is 11.6 Å². The third-order valence-corrected chi connectivity index (χ3v) is 7.52. The van der Waals surface area contributed by atoms with E-state index in [0.29, 0.717) is 17.4 Å². The molecule has 0 radical (unpaired) electrons. The zero-order valence-electron chi connectivity index (χ0n) is 24.6. The number of aromatic nitrogens is 6. The van der Waals surface area contributed by atoms with Crippen molar-refractivity contribution in [1.82, 2.24) is 29.9 Å². The zero-order chi connectivity index (χ0) is 28.4. The third-order valence-electron chi connectivity index (χ3n) is 7.52. The standard InChI is InChI=1S/C16H18N4O.C15H15N4O.Li.H2O/c1-12(21)13-5-9-20(10-6-13)15-4-3-14(11-19-15)16-17-7-2-8-18-16;20-11-12-4-8-19(9-5-12)14-3-2-13(10-18-14)15-16-6-1-7-17-15;;/h2-4,7-8,11,13H,5-6,9-10H2,1H3;1-3,6-7,10,12H,4-5,8-9H2;;1H2/q;-1;+1;/p-1. The van der Waals surface area contributed by atoms with Crippen LogP contribution in [0.3, 0.4) is 0 Å². The van der Waals surface area contributed by atoms with E-state index in [1.54, 1.807) is 50.0 Å². The summed E-state index contributed by atoms with van der Waals surface area (Å²) in [4.78, 5) is 52.3. The molecule has 0 atom stereocenters. The van der Waals surface area contributed by atoms with Crippen molar-refractivity contribution in [1.29, 1.82) is 0 Å². The number of carbonyl (C=O) groups is 1. The van der Waals surface area contributed by atoms with E-state index in [0.717, 1.165) is 74.6 Å². The molecule has 12 heteroatoms. The molecule has 0 saturated carbocycles. The molecule has 4 aromatic heterocycles. The average Bonchev–Trinajstić information content (AvgIpc) is 3.06. The van der Waals surface area contributed by atoms with Gasteiger partial charge in [0, 0.05) is 80.4 Å². The van der Waals surface area contributed by atoms with E-state index in [1.807, 2.05) is 30.5 Å². The van der Waals surface area contributed by atoms with Crippen LogP contribution in [-0.2, 0) is 9.59 Å². The molecule has 0 unspecified atom stereocenters. The first kappa shape index (κ1) is 33.5. The fourth-order valence-corrected chi connectivity index (χ4v) is 5.05. The molecule has 4 aromatic rings. The number of rotatable bonds is 6. The molecule has 6 heterocycles. The molecule has 11 nitrogen and oxygen atoms in total. The van der Waals surface area contributed by atoms with Gasteiger partial charge in [-0.3, -0.25) is 11.1 Å². The van der Waals surface area contributed by atoms with Gasteiger partial charge in [-0.2, -0.15) is 0 Å². The van der Waals surface area contributed by atoms with Crippen molar-refractivity contribution in [3.8, 4) is 22.8 Å². The summed E-state index contributed by atoms with van der Waals surface area (Å²) >= 11 is 0. The van der Waals surface area contributed by atoms with Crippen LogP contribution in [0.1, 0.15) is 32.6 Å². The molecule has 2 aliphatic heterocycles. The Bertz CT molecular complexity index is 1400. The summed E-state index contributed by atoms with van der Waals surface area (Å²) in [5.41, 5.74) is 1.82. The van der Waals surface area contributed by atoms with Gasteiger partial charge in [-0.25, -0.2) is 29.9 Å². The van der Waals surface area contributed by atoms with Crippen LogP contribution in [-0.4, -0.2) is 73.6 Å². The number of ketones is 1. The van der Waals surface area contributed by atoms with Gasteiger partial charge in [-0.05, 0) is 56.2 Å². The van der Waals surface area contributed by atoms with Gasteiger partial charge in [-0.15, -0.1) is 5.92 Å². The Balaban J connectivity index is 0.000000225. The molecule has 218 valence electrons. The molecule has 0 bridgehead atoms. The quantitative estimate of drug-likeness (QED) is 0.241. The predicted molar refractivity (Wildman–Crippen MR) is 159 cm³/mol. The van der Waals surface area contributed by atoms with Gasteiger partial charge < -0.3 is 20.1 Å². The van der Waals surface area contributed by atoms with Crippen molar-refractivity contribution in [2.75, 3.05) is 36.0 Å². The van der Waals surface area contributed by atoms with Crippen molar-refractivity contribution in [2.24, 2.45) is 11.8 Å². The monoisotopic (exact) mass is 573 g/mol. The maximum atomic E-state index is 11.4. The Morgan fingerprint density at radius 3 is 1.47 bits per heavy atom. The Morgan fingerprint density at radius 2 is 1.12 bits per heavy atom. The van der Waals surface area contributed by atoms with Crippen molar-refractivity contribution in [3.05, 3.63) is 73.6 Å². The second-order valence-electron chi connectivity index (χ2n) is 10.2. The number of piperidine rings is 2. The third kappa shape index (κ3) is 8.97. The van der Waals surface area contributed by atoms with Gasteiger partial charge in [0.1, 0.15) is 17.4 Å². The van der Waals surface area contributed by atoms with E-state index in [-0.39, 0.29) is 36.2 Å². The maximum absolute atomic E-state index is 11.4. The molecule has 2 saturated heterocycles. The van der Waals surface area contributed by atoms with Crippen LogP contribution in [0.15, 0.2) is 73.6 Å². The van der Waals surface area contributed by atoms with E-state index in [1.165, 1.54) is 0 Å². The minimum Gasteiger partial charge on any atom is -0.870 e. The number of carbonyl (C=O) groups excluding carboxylic acids is 2. The minimum atomic E-state index is 0. The van der Waals surface area contributed by atoms with Gasteiger partial charge in [0.2, 0.25) is 0 Å². The fraction of sp³-hybridized carbons (Fsp3) is 0.355. The van der Waals surface area contributed by atoms with Crippen molar-refractivity contribution in [3.63, 3.8) is 0 Å². The SMILES string of the molecule is CC(=O)C1CCN(c2ccc(-c3ncccn3)cn2)CC1.O=[C-]C1CCN(c2ccc(-c3ncccn3)cn2)CC1.[Li+].[OH-]. The first-order valence-corrected chi connectivity index (χ1v) is 14.0. The number of hydrogen-bond acceptors (Lipinski definition) is 11. The molecule has 2 fully saturated rings. The van der Waals surface area contributed by atoms with E-state index in [9.17, 15) is 9.59 Å². The van der Waals surface area contributed by atoms with Gasteiger partial charge in [-0.1, -0.05) is 12.8 Å². The summed E-state index contributed by atoms with van der Waals surface area (Å²) < 4.78 is 0. The van der Waals surface area contributed by atoms with Crippen LogP contribution in [0, 0.1) is 11.8 Å². The number of anilines is 2. The number of Topliss-reactive ketones (excluding diaryl/α,β-unsaturated/α-hetero) is 1. The Kier molecular flexibility index (Phi) is 12.9. The number of pyridine rings is 2. The van der Waals surface area contributed by atoms with E-state index in [2.05, 4.69) is 46.0 Å². The van der Waals surface area contributed by atoms with Crippen LogP contribution in [0.5, 0.6) is 0 Å². The topological polar surface area (TPSA) is 148 Å². The number of hydrogen-bond donors (Lipinski definition) is 0. The molecule has 0 aromatic carbocycles. The summed E-state index contributed by atoms with van der Waals surface area (Å²) in [6.45, 7) is 5.17. The van der Waals surface area contributed by atoms with Crippen LogP contribution in [0.4, 0.5) is 11.6 Å². The predicted octanol–water partition coefficient (Wildman–Crippen LogP) is 1.04. The summed E-state index contributed by atoms with van der Waals surface area (Å²) in [7, 11) is 0. The normalized spacial score (nSPS) is 15.3. The van der Waals surface area contributed by atoms with Crippen molar-refractivity contribution < 1.29 is 33.9 Å². The molecule has 43 heavy (non-hydrogen) atoms. The minimum absolute atomic E-state index is 0. The van der Waals surface area contributed by atoms with E-state index >= 15 is 0 Å². The van der Waals surface area contributed by atoms with Crippen LogP contribution >= 0.6 is 0 Å². The van der Waals surface area contributed by atoms with Crippen molar-refractivity contribution >= 4 is 23.7 Å². The maximum Gasteiger partial charge on any atom is 1.00 e. The van der Waals surface area contributed by atoms with E-state index < -0.39 is 0 Å². The van der Waals surface area contributed by atoms with E-state index in [4.69, 9.17) is 0 Å². The smallest absolute Gasteiger partial charge is 0.870 e. The summed E-state index contributed by atoms with van der Waals surface area (Å²) in [6.07, 6.45) is 16.1. The molecular formula is C31H34LiN8O3-. The Labute approximate surface area is 263 Å². The van der Waals surface area contributed by atoms with Crippen molar-refractivity contribution in [2.45, 2.75) is 32.6 Å². The molecule has 0 aliphatic carbocycles. The molecular weight excluding hydrogens is 539 g/mol. The molecule has 1 N–H and O–H groups in total. The summed E-state index contributed by atoms with van der Waals surface area (Å²) in [6, 6.07) is 11.5. The first-order chi connectivity index (χ1) is 20.1.